The summed E-state index contributed by atoms with van der Waals surface area (Å²) in [5.74, 6) is 0.205. The fraction of sp³-hybridized carbons (Fsp3) is 0.318. The van der Waals surface area contributed by atoms with Gasteiger partial charge in [-0.3, -0.25) is 29.3 Å². The summed E-state index contributed by atoms with van der Waals surface area (Å²) >= 11 is 0. The molecule has 21 heteroatoms. The highest BCUT2D eigenvalue weighted by Crippen LogP contribution is 2.51. The molecular weight excluding hydrogens is 1130 g/mol. The maximum absolute atomic E-state index is 13.7. The molecule has 0 saturated carbocycles. The van der Waals surface area contributed by atoms with Crippen LogP contribution in [0.2, 0.25) is 0 Å². The van der Waals surface area contributed by atoms with Crippen LogP contribution in [0, 0.1) is 11.3 Å². The molecule has 0 bridgehead atoms. The van der Waals surface area contributed by atoms with Crippen LogP contribution in [0.15, 0.2) is 163 Å². The van der Waals surface area contributed by atoms with Crippen molar-refractivity contribution in [3.63, 3.8) is 0 Å². The van der Waals surface area contributed by atoms with Gasteiger partial charge in [-0.2, -0.15) is 10.2 Å². The minimum atomic E-state index is -1.77. The van der Waals surface area contributed by atoms with Crippen molar-refractivity contribution in [3.05, 3.63) is 207 Å². The number of nitrogens with one attached hydrogen (secondary N) is 4. The van der Waals surface area contributed by atoms with Gasteiger partial charge in [-0.1, -0.05) is 115 Å². The number of H-pyrrole nitrogens is 1. The number of carbonyl (C=O) groups excluding carboxylic acids is 3. The largest absolute Gasteiger partial charge is 0.497 e. The van der Waals surface area contributed by atoms with E-state index in [0.29, 0.717) is 17.1 Å². The molecule has 6 aromatic carbocycles. The van der Waals surface area contributed by atoms with Gasteiger partial charge in [0.25, 0.3) is 20.0 Å². The summed E-state index contributed by atoms with van der Waals surface area (Å²) in [6, 6.07) is 50.5. The summed E-state index contributed by atoms with van der Waals surface area (Å²) < 4.78 is 48.5. The molecule has 2 unspecified atom stereocenters. The van der Waals surface area contributed by atoms with Crippen LogP contribution < -0.4 is 31.0 Å². The molecule has 87 heavy (non-hydrogen) atoms. The molecule has 1 aliphatic heterocycles. The first-order valence-electron chi connectivity index (χ1n) is 28.9. The van der Waals surface area contributed by atoms with Crippen LogP contribution in [0.4, 0.5) is 10.7 Å². The van der Waals surface area contributed by atoms with Crippen LogP contribution in [-0.2, 0) is 40.2 Å². The molecule has 3 heterocycles. The third-order valence-corrected chi connectivity index (χ3v) is 17.5. The van der Waals surface area contributed by atoms with Crippen molar-refractivity contribution in [1.29, 1.82) is 5.26 Å². The predicted molar refractivity (Wildman–Crippen MR) is 329 cm³/mol. The van der Waals surface area contributed by atoms with E-state index in [9.17, 15) is 24.4 Å². The highest BCUT2D eigenvalue weighted by molar-refractivity contribution is 7.44. The number of hydrogen-bond acceptors (Lipinski definition) is 15. The van der Waals surface area contributed by atoms with Crippen LogP contribution in [0.5, 0.6) is 11.5 Å². The molecule has 1 fully saturated rings. The molecule has 0 radical (unpaired) electrons. The van der Waals surface area contributed by atoms with Gasteiger partial charge in [0.05, 0.1) is 52.4 Å². The molecule has 20 nitrogen and oxygen atoms in total. The molecule has 3 amide bonds. The Balaban J connectivity index is 0.818. The Bertz CT molecular complexity index is 3660. The highest BCUT2D eigenvalue weighted by atomic mass is 31.2. The molecule has 2 aromatic heterocycles. The number of rotatable bonds is 26. The van der Waals surface area contributed by atoms with Crippen LogP contribution >= 0.6 is 8.53 Å². The van der Waals surface area contributed by atoms with Crippen LogP contribution in [0.3, 0.4) is 0 Å². The van der Waals surface area contributed by atoms with E-state index in [1.54, 1.807) is 43.1 Å². The first-order valence-corrected chi connectivity index (χ1v) is 30.0. The summed E-state index contributed by atoms with van der Waals surface area (Å²) in [6.07, 6.45) is -1.12. The van der Waals surface area contributed by atoms with Gasteiger partial charge in [-0.15, -0.1) is 0 Å². The lowest BCUT2D eigenvalue weighted by atomic mass is 9.80. The number of nitrogens with zero attached hydrogens (tertiary/aromatic N) is 5. The van der Waals surface area contributed by atoms with Crippen molar-refractivity contribution in [2.24, 2.45) is 0 Å². The number of ether oxygens (including phenoxy) is 5. The fourth-order valence-corrected chi connectivity index (χ4v) is 13.0. The summed E-state index contributed by atoms with van der Waals surface area (Å²) in [6.45, 7) is 8.71. The highest BCUT2D eigenvalue weighted by Gasteiger charge is 2.45. The molecule has 1 saturated heterocycles. The van der Waals surface area contributed by atoms with Crippen molar-refractivity contribution in [3.8, 4) is 28.7 Å². The first kappa shape index (κ1) is 61.3. The number of imidazole rings is 1. The second-order valence-corrected chi connectivity index (χ2v) is 22.9. The minimum absolute atomic E-state index is 0.000352. The normalized spacial score (nSPS) is 15.9. The lowest BCUT2D eigenvalue weighted by molar-refractivity contribution is -0.116. The van der Waals surface area contributed by atoms with E-state index < -0.39 is 56.0 Å². The Morgan fingerprint density at radius 2 is 1.40 bits per heavy atom. The van der Waals surface area contributed by atoms with Crippen molar-refractivity contribution >= 4 is 43.5 Å². The van der Waals surface area contributed by atoms with Gasteiger partial charge in [0.15, 0.2) is 11.2 Å². The summed E-state index contributed by atoms with van der Waals surface area (Å²) in [4.78, 5) is 64.9. The van der Waals surface area contributed by atoms with Crippen molar-refractivity contribution in [1.82, 2.24) is 34.8 Å². The third kappa shape index (κ3) is 13.9. The van der Waals surface area contributed by atoms with Gasteiger partial charge >= 0.3 is 6.09 Å². The summed E-state index contributed by atoms with van der Waals surface area (Å²) in [5, 5.41) is 17.8. The quantitative estimate of drug-likeness (QED) is 0.0224. The number of carbonyl (C=O) groups is 3. The number of methoxy groups -OCH3 is 2. The molecule has 0 spiro atoms. The van der Waals surface area contributed by atoms with Gasteiger partial charge in [0.1, 0.15) is 36.0 Å². The molecule has 2 aliphatic rings. The van der Waals surface area contributed by atoms with Crippen molar-refractivity contribution in [2.75, 3.05) is 45.9 Å². The smallest absolute Gasteiger partial charge is 0.407 e. The number of nitriles is 1. The average molecular weight is 1200 g/mol. The second-order valence-electron chi connectivity index (χ2n) is 21.5. The SMILES string of the molecule is COc1ccc(C(OC[C@H]2O[C@@H](n3cnc4c(=O)[nH]c(NC(=O)CCNC(=O)c5ccc(CNC(=O)OCC6c7ccccc7-c7ccccc76)cc5)nc43)CC2OP(OCCC#N)N(C(C)C)C(C)C)(c2ccccc2)c2ccc(OC)cc2)cc1. The van der Waals surface area contributed by atoms with E-state index in [4.69, 9.17) is 32.7 Å². The van der Waals surface area contributed by atoms with Gasteiger partial charge in [-0.25, -0.2) is 14.4 Å². The predicted octanol–water partition coefficient (Wildman–Crippen LogP) is 10.9. The summed E-state index contributed by atoms with van der Waals surface area (Å²) in [5.41, 5.74) is 6.44. The lowest BCUT2D eigenvalue weighted by Gasteiger charge is -2.39. The van der Waals surface area contributed by atoms with E-state index in [2.05, 4.69) is 93.6 Å². The number of anilines is 1. The van der Waals surface area contributed by atoms with E-state index >= 15 is 0 Å². The Morgan fingerprint density at radius 1 is 0.793 bits per heavy atom. The molecule has 4 atom stereocenters. The monoisotopic (exact) mass is 1200 g/mol. The topological polar surface area (TPSA) is 243 Å². The molecular formula is C66H70N9O11P. The van der Waals surface area contributed by atoms with Crippen LogP contribution in [0.25, 0.3) is 22.3 Å². The van der Waals surface area contributed by atoms with Crippen LogP contribution in [-0.4, -0.2) is 107 Å². The van der Waals surface area contributed by atoms with E-state index in [1.807, 2.05) is 103 Å². The third-order valence-electron chi connectivity index (χ3n) is 15.3. The molecule has 4 N–H and O–H groups in total. The average Bonchev–Trinajstić information content (AvgIpc) is 1.86. The van der Waals surface area contributed by atoms with Gasteiger partial charge in [-0.05, 0) is 109 Å². The van der Waals surface area contributed by atoms with Crippen molar-refractivity contribution in [2.45, 2.75) is 95.5 Å². The number of alkyl carbamates (subject to hydrolysis) is 1. The van der Waals surface area contributed by atoms with Gasteiger partial charge in [0, 0.05) is 49.5 Å². The molecule has 8 aromatic rings. The number of benzene rings is 6. The number of aromatic nitrogens is 4. The molecule has 10 rings (SSSR count). The Labute approximate surface area is 506 Å². The lowest BCUT2D eigenvalue weighted by Crippen LogP contribution is -2.39. The van der Waals surface area contributed by atoms with Gasteiger partial charge in [0.2, 0.25) is 11.9 Å². The molecule has 450 valence electrons. The number of hydrogen-bond donors (Lipinski definition) is 4. The number of amides is 3. The zero-order valence-corrected chi connectivity index (χ0v) is 50.2. The Morgan fingerprint density at radius 3 is 2.01 bits per heavy atom. The van der Waals surface area contributed by atoms with Gasteiger partial charge < -0.3 is 43.4 Å². The van der Waals surface area contributed by atoms with E-state index in [1.165, 1.54) is 6.33 Å². The van der Waals surface area contributed by atoms with Crippen LogP contribution in [0.1, 0.15) is 103 Å². The van der Waals surface area contributed by atoms with E-state index in [0.717, 1.165) is 44.5 Å². The zero-order valence-electron chi connectivity index (χ0n) is 49.3. The zero-order chi connectivity index (χ0) is 61.0. The number of aromatic amines is 1. The second kappa shape index (κ2) is 28.1. The maximum Gasteiger partial charge on any atom is 0.407 e. The fourth-order valence-electron chi connectivity index (χ4n) is 11.2. The van der Waals surface area contributed by atoms with Crippen molar-refractivity contribution < 1.29 is 47.1 Å². The summed E-state index contributed by atoms with van der Waals surface area (Å²) in [7, 11) is 1.46. The maximum atomic E-state index is 13.7. The standard InChI is InChI=1S/C66H70N9O11P/c1-42(2)75(43(3)4)87(84-36-14-34-67)86-56-37-59(85-57(56)40-83-66(46-15-8-7-9-16-46,47-25-29-49(80-5)30-26-47)48-27-31-50(81-6)32-28-48)74-41-70-60-61(74)72-64(73-63(60)78)71-58(76)33-35-68-62(77)45-23-21-44(22-24-45)38-69-65(79)82-39-55-53-19-12-10-17-51(53)52-18-11-13-20-54(52)55/h7-13,15-32,41-43,55-57,59H,14,33,35-40H2,1-6H3,(H,68,77)(H,69,79)(H2,71,72,73,76,78)/t56?,57-,59-,87?/m1/s1. The Kier molecular flexibility index (Phi) is 19.8. The first-order chi connectivity index (χ1) is 42.3. The Hall–Kier alpha value is -8.80. The number of fused-ring (bicyclic) bond motifs is 4. The van der Waals surface area contributed by atoms with E-state index in [-0.39, 0.29) is 87.3 Å². The molecule has 1 aliphatic carbocycles. The minimum Gasteiger partial charge on any atom is -0.497 e.